The van der Waals surface area contributed by atoms with E-state index in [1.807, 2.05) is 26.8 Å². The van der Waals surface area contributed by atoms with Crippen molar-refractivity contribution in [3.8, 4) is 0 Å². The minimum absolute atomic E-state index is 0.146. The number of aryl methyl sites for hydroxylation is 2. The van der Waals surface area contributed by atoms with Crippen LogP contribution in [0.1, 0.15) is 39.8 Å². The van der Waals surface area contributed by atoms with E-state index in [4.69, 9.17) is 4.74 Å². The lowest BCUT2D eigenvalue weighted by Gasteiger charge is -2.35. The Bertz CT molecular complexity index is 909. The lowest BCUT2D eigenvalue weighted by molar-refractivity contribution is 0.0943. The molecule has 3 rings (SSSR count). The van der Waals surface area contributed by atoms with Crippen molar-refractivity contribution in [3.63, 3.8) is 0 Å². The maximum absolute atomic E-state index is 12.7. The quantitative estimate of drug-likeness (QED) is 0.839. The average molecular weight is 371 g/mol. The van der Waals surface area contributed by atoms with E-state index in [1.165, 1.54) is 6.33 Å². The number of anilines is 1. The summed E-state index contributed by atoms with van der Waals surface area (Å²) in [7, 11) is 0. The first-order valence-corrected chi connectivity index (χ1v) is 9.02. The number of hydrogen-bond donors (Lipinski definition) is 2. The number of rotatable bonds is 4. The number of morpholine rings is 1. The molecule has 1 saturated heterocycles. The molecule has 1 amide bonds. The molecule has 0 saturated carbocycles. The van der Waals surface area contributed by atoms with Crippen LogP contribution in [-0.2, 0) is 11.3 Å². The van der Waals surface area contributed by atoms with Crippen molar-refractivity contribution in [3.05, 3.63) is 50.8 Å². The third-order valence-corrected chi connectivity index (χ3v) is 4.83. The van der Waals surface area contributed by atoms with Crippen LogP contribution in [0.4, 0.5) is 5.82 Å². The molecule has 3 heterocycles. The maximum atomic E-state index is 12.7. The van der Waals surface area contributed by atoms with Crippen molar-refractivity contribution >= 4 is 11.7 Å². The Hall–Kier alpha value is -2.74. The van der Waals surface area contributed by atoms with Crippen molar-refractivity contribution in [2.75, 3.05) is 24.7 Å². The molecule has 0 unspecified atom stereocenters. The van der Waals surface area contributed by atoms with Gasteiger partial charge in [-0.05, 0) is 39.3 Å². The van der Waals surface area contributed by atoms with Gasteiger partial charge in [0, 0.05) is 29.9 Å². The number of aromatic nitrogens is 3. The van der Waals surface area contributed by atoms with Gasteiger partial charge in [0.15, 0.2) is 0 Å². The number of aromatic amines is 1. The van der Waals surface area contributed by atoms with E-state index in [0.717, 1.165) is 29.2 Å². The first kappa shape index (κ1) is 19.0. The van der Waals surface area contributed by atoms with E-state index in [2.05, 4.69) is 32.1 Å². The predicted molar refractivity (Wildman–Crippen MR) is 102 cm³/mol. The zero-order valence-electron chi connectivity index (χ0n) is 16.1. The second-order valence-corrected chi connectivity index (χ2v) is 6.91. The number of hydrogen-bond acceptors (Lipinski definition) is 6. The van der Waals surface area contributed by atoms with Gasteiger partial charge >= 0.3 is 0 Å². The standard InChI is InChI=1S/C19H25N5O3/c1-11-7-12(2)23-18(25)15(11)8-20-19(26)16-14(4)17(22-10-21-16)24-5-6-27-9-13(24)3/h7,10,13H,5-6,8-9H2,1-4H3,(H,20,26)(H,23,25)/t13-/m0/s1. The number of carbonyl (C=O) groups is 1. The lowest BCUT2D eigenvalue weighted by atomic mass is 10.1. The number of nitrogens with zero attached hydrogens (tertiary/aromatic N) is 3. The monoisotopic (exact) mass is 371 g/mol. The zero-order chi connectivity index (χ0) is 19.6. The van der Waals surface area contributed by atoms with E-state index >= 15 is 0 Å². The fraction of sp³-hybridized carbons (Fsp3) is 0.474. The summed E-state index contributed by atoms with van der Waals surface area (Å²) in [5.74, 6) is 0.423. The largest absolute Gasteiger partial charge is 0.377 e. The summed E-state index contributed by atoms with van der Waals surface area (Å²) >= 11 is 0. The number of carbonyl (C=O) groups excluding carboxylic acids is 1. The fourth-order valence-electron chi connectivity index (χ4n) is 3.35. The van der Waals surface area contributed by atoms with Crippen LogP contribution >= 0.6 is 0 Å². The second-order valence-electron chi connectivity index (χ2n) is 6.91. The highest BCUT2D eigenvalue weighted by Crippen LogP contribution is 2.22. The van der Waals surface area contributed by atoms with Gasteiger partial charge in [0.1, 0.15) is 17.8 Å². The normalized spacial score (nSPS) is 17.0. The van der Waals surface area contributed by atoms with Crippen LogP contribution in [0.25, 0.3) is 0 Å². The number of pyridine rings is 1. The third kappa shape index (κ3) is 4.00. The Balaban J connectivity index is 1.80. The molecule has 8 nitrogen and oxygen atoms in total. The summed E-state index contributed by atoms with van der Waals surface area (Å²) < 4.78 is 5.47. The highest BCUT2D eigenvalue weighted by molar-refractivity contribution is 5.94. The number of ether oxygens (including phenoxy) is 1. The molecule has 1 aliphatic heterocycles. The molecular formula is C19H25N5O3. The first-order chi connectivity index (χ1) is 12.9. The molecule has 2 aromatic heterocycles. The third-order valence-electron chi connectivity index (χ3n) is 4.83. The summed E-state index contributed by atoms with van der Waals surface area (Å²) in [6.45, 7) is 9.71. The summed E-state index contributed by atoms with van der Waals surface area (Å²) in [6, 6.07) is 2.06. The Kier molecular flexibility index (Phi) is 5.55. The zero-order valence-corrected chi connectivity index (χ0v) is 16.1. The molecule has 2 aromatic rings. The highest BCUT2D eigenvalue weighted by Gasteiger charge is 2.24. The van der Waals surface area contributed by atoms with Crippen LogP contribution < -0.4 is 15.8 Å². The molecule has 0 bridgehead atoms. The smallest absolute Gasteiger partial charge is 0.270 e. The van der Waals surface area contributed by atoms with Crippen LogP contribution in [0.2, 0.25) is 0 Å². The predicted octanol–water partition coefficient (Wildman–Crippen LogP) is 1.25. The molecule has 144 valence electrons. The summed E-state index contributed by atoms with van der Waals surface area (Å²) in [5, 5.41) is 2.81. The number of amides is 1. The fourth-order valence-corrected chi connectivity index (χ4v) is 3.35. The van der Waals surface area contributed by atoms with Gasteiger partial charge < -0.3 is 19.9 Å². The number of H-pyrrole nitrogens is 1. The molecular weight excluding hydrogens is 346 g/mol. The van der Waals surface area contributed by atoms with Gasteiger partial charge in [0.25, 0.3) is 11.5 Å². The van der Waals surface area contributed by atoms with Crippen LogP contribution in [0.3, 0.4) is 0 Å². The second kappa shape index (κ2) is 7.87. The molecule has 0 aromatic carbocycles. The minimum atomic E-state index is -0.323. The van der Waals surface area contributed by atoms with Gasteiger partial charge in [-0.15, -0.1) is 0 Å². The van der Waals surface area contributed by atoms with Crippen molar-refractivity contribution in [1.29, 1.82) is 0 Å². The molecule has 1 atom stereocenters. The molecule has 0 spiro atoms. The average Bonchev–Trinajstić information content (AvgIpc) is 2.61. The van der Waals surface area contributed by atoms with E-state index in [0.29, 0.717) is 24.5 Å². The number of nitrogens with one attached hydrogen (secondary N) is 2. The molecule has 2 N–H and O–H groups in total. The highest BCUT2D eigenvalue weighted by atomic mass is 16.5. The Morgan fingerprint density at radius 2 is 2.15 bits per heavy atom. The molecule has 1 aliphatic rings. The molecule has 27 heavy (non-hydrogen) atoms. The molecule has 8 heteroatoms. The van der Waals surface area contributed by atoms with Gasteiger partial charge in [-0.3, -0.25) is 9.59 Å². The van der Waals surface area contributed by atoms with Crippen molar-refractivity contribution < 1.29 is 9.53 Å². The van der Waals surface area contributed by atoms with Gasteiger partial charge in [-0.1, -0.05) is 0 Å². The lowest BCUT2D eigenvalue weighted by Crippen LogP contribution is -2.44. The van der Waals surface area contributed by atoms with Crippen molar-refractivity contribution in [2.24, 2.45) is 0 Å². The van der Waals surface area contributed by atoms with E-state index in [9.17, 15) is 9.59 Å². The maximum Gasteiger partial charge on any atom is 0.270 e. The SMILES string of the molecule is Cc1cc(C)c(CNC(=O)c2ncnc(N3CCOC[C@@H]3C)c2C)c(=O)[nH]1. The Morgan fingerprint density at radius 1 is 1.37 bits per heavy atom. The summed E-state index contributed by atoms with van der Waals surface area (Å²) in [6.07, 6.45) is 1.41. The summed E-state index contributed by atoms with van der Waals surface area (Å²) in [5.41, 5.74) is 3.04. The van der Waals surface area contributed by atoms with Crippen LogP contribution in [0, 0.1) is 20.8 Å². The minimum Gasteiger partial charge on any atom is -0.377 e. The van der Waals surface area contributed by atoms with Gasteiger partial charge in [0.2, 0.25) is 0 Å². The topological polar surface area (TPSA) is 100 Å². The van der Waals surface area contributed by atoms with Crippen LogP contribution in [0.15, 0.2) is 17.2 Å². The van der Waals surface area contributed by atoms with Crippen LogP contribution in [0.5, 0.6) is 0 Å². The van der Waals surface area contributed by atoms with Gasteiger partial charge in [-0.2, -0.15) is 0 Å². The molecule has 1 fully saturated rings. The van der Waals surface area contributed by atoms with Crippen molar-refractivity contribution in [2.45, 2.75) is 40.3 Å². The summed E-state index contributed by atoms with van der Waals surface area (Å²) in [4.78, 5) is 38.2. The molecule has 0 aliphatic carbocycles. The first-order valence-electron chi connectivity index (χ1n) is 9.02. The van der Waals surface area contributed by atoms with E-state index in [1.54, 1.807) is 0 Å². The van der Waals surface area contributed by atoms with Crippen LogP contribution in [-0.4, -0.2) is 46.7 Å². The van der Waals surface area contributed by atoms with Crippen molar-refractivity contribution in [1.82, 2.24) is 20.3 Å². The Labute approximate surface area is 158 Å². The van der Waals surface area contributed by atoms with Gasteiger partial charge in [-0.25, -0.2) is 9.97 Å². The van der Waals surface area contributed by atoms with E-state index < -0.39 is 0 Å². The van der Waals surface area contributed by atoms with E-state index in [-0.39, 0.29) is 24.1 Å². The van der Waals surface area contributed by atoms with Gasteiger partial charge in [0.05, 0.1) is 19.3 Å². The Morgan fingerprint density at radius 3 is 2.85 bits per heavy atom. The molecule has 0 radical (unpaired) electrons.